The minimum absolute atomic E-state index is 0.0361. The molecule has 1 aliphatic heterocycles. The van der Waals surface area contributed by atoms with Gasteiger partial charge >= 0.3 is 0 Å². The van der Waals surface area contributed by atoms with Crippen LogP contribution in [0.15, 0.2) is 42.5 Å². The Bertz CT molecular complexity index is 1130. The van der Waals surface area contributed by atoms with Gasteiger partial charge in [0.15, 0.2) is 5.78 Å². The SMILES string of the molecule is CCc1ccc(-n2nc(C)c3c2NC(=O)C[C@@H]3C(=O)c2c(OC)cccc2OC)cc1. The third-order valence-corrected chi connectivity index (χ3v) is 5.68. The summed E-state index contributed by atoms with van der Waals surface area (Å²) in [6.45, 7) is 3.95. The van der Waals surface area contributed by atoms with Crippen molar-refractivity contribution in [1.82, 2.24) is 9.78 Å². The second kappa shape index (κ2) is 8.26. The number of benzene rings is 2. The van der Waals surface area contributed by atoms with Gasteiger partial charge in [0.25, 0.3) is 0 Å². The van der Waals surface area contributed by atoms with Crippen LogP contribution in [0.3, 0.4) is 0 Å². The normalized spacial score (nSPS) is 15.2. The summed E-state index contributed by atoms with van der Waals surface area (Å²) in [4.78, 5) is 26.3. The number of anilines is 1. The van der Waals surface area contributed by atoms with Gasteiger partial charge in [-0.05, 0) is 43.2 Å². The number of aromatic nitrogens is 2. The van der Waals surface area contributed by atoms with Gasteiger partial charge in [-0.1, -0.05) is 25.1 Å². The van der Waals surface area contributed by atoms with Crippen molar-refractivity contribution in [2.45, 2.75) is 32.6 Å². The molecule has 0 saturated carbocycles. The van der Waals surface area contributed by atoms with E-state index >= 15 is 0 Å². The molecule has 31 heavy (non-hydrogen) atoms. The number of nitrogens with zero attached hydrogens (tertiary/aromatic N) is 2. The number of hydrogen-bond donors (Lipinski definition) is 1. The molecule has 2 heterocycles. The quantitative estimate of drug-likeness (QED) is 0.609. The highest BCUT2D eigenvalue weighted by Crippen LogP contribution is 2.41. The zero-order chi connectivity index (χ0) is 22.1. The lowest BCUT2D eigenvalue weighted by molar-refractivity contribution is -0.116. The van der Waals surface area contributed by atoms with E-state index in [-0.39, 0.29) is 18.1 Å². The molecule has 4 rings (SSSR count). The molecule has 2 aromatic carbocycles. The van der Waals surface area contributed by atoms with Gasteiger partial charge in [0, 0.05) is 12.0 Å². The number of carbonyl (C=O) groups is 2. The molecule has 0 saturated heterocycles. The monoisotopic (exact) mass is 419 g/mol. The summed E-state index contributed by atoms with van der Waals surface area (Å²) >= 11 is 0. The molecule has 1 aromatic heterocycles. The minimum atomic E-state index is -0.683. The molecule has 0 radical (unpaired) electrons. The van der Waals surface area contributed by atoms with Crippen LogP contribution in [0, 0.1) is 6.92 Å². The maximum Gasteiger partial charge on any atom is 0.226 e. The zero-order valence-corrected chi connectivity index (χ0v) is 18.1. The molecule has 0 bridgehead atoms. The maximum absolute atomic E-state index is 13.7. The molecule has 7 heteroatoms. The van der Waals surface area contributed by atoms with Crippen LogP contribution in [0.5, 0.6) is 11.5 Å². The van der Waals surface area contributed by atoms with Gasteiger partial charge in [0.2, 0.25) is 5.91 Å². The van der Waals surface area contributed by atoms with Gasteiger partial charge in [-0.2, -0.15) is 5.10 Å². The number of carbonyl (C=O) groups excluding carboxylic acids is 2. The van der Waals surface area contributed by atoms with E-state index in [0.29, 0.717) is 28.6 Å². The maximum atomic E-state index is 13.7. The van der Waals surface area contributed by atoms with Gasteiger partial charge in [-0.3, -0.25) is 9.59 Å². The summed E-state index contributed by atoms with van der Waals surface area (Å²) in [6, 6.07) is 13.2. The van der Waals surface area contributed by atoms with Crippen LogP contribution in [-0.4, -0.2) is 35.7 Å². The Labute approximate surface area is 181 Å². The molecule has 3 aromatic rings. The summed E-state index contributed by atoms with van der Waals surface area (Å²) < 4.78 is 12.5. The van der Waals surface area contributed by atoms with Gasteiger partial charge in [-0.15, -0.1) is 0 Å². The molecule has 0 unspecified atom stereocenters. The Morgan fingerprint density at radius 2 is 1.77 bits per heavy atom. The van der Waals surface area contributed by atoms with Crippen molar-refractivity contribution in [3.05, 3.63) is 64.8 Å². The molecule has 0 spiro atoms. The fourth-order valence-electron chi connectivity index (χ4n) is 4.10. The number of fused-ring (bicyclic) bond motifs is 1. The molecule has 1 atom stereocenters. The Morgan fingerprint density at radius 1 is 1.13 bits per heavy atom. The molecule has 160 valence electrons. The standard InChI is InChI=1S/C24H25N3O4/c1-5-15-9-11-16(12-10-15)27-24-21(14(2)26-27)17(13-20(28)25-24)23(29)22-18(30-3)7-6-8-19(22)31-4/h6-12,17H,5,13H2,1-4H3,(H,25,28)/t17-/m0/s1. The third-order valence-electron chi connectivity index (χ3n) is 5.68. The van der Waals surface area contributed by atoms with Crippen molar-refractivity contribution in [3.63, 3.8) is 0 Å². The van der Waals surface area contributed by atoms with Crippen LogP contribution >= 0.6 is 0 Å². The first-order valence-electron chi connectivity index (χ1n) is 10.2. The van der Waals surface area contributed by atoms with E-state index in [9.17, 15) is 9.59 Å². The van der Waals surface area contributed by atoms with Gasteiger partial charge in [-0.25, -0.2) is 4.68 Å². The van der Waals surface area contributed by atoms with Crippen LogP contribution in [0.1, 0.15) is 46.4 Å². The first-order valence-corrected chi connectivity index (χ1v) is 10.2. The number of rotatable bonds is 6. The molecule has 1 amide bonds. The molecule has 7 nitrogen and oxygen atoms in total. The van der Waals surface area contributed by atoms with E-state index in [0.717, 1.165) is 17.7 Å². The average Bonchev–Trinajstić information content (AvgIpc) is 3.13. The number of Topliss-reactive ketones (excluding diaryl/α,β-unsaturated/α-hetero) is 1. The number of aryl methyl sites for hydroxylation is 2. The fraction of sp³-hybridized carbons (Fsp3) is 0.292. The number of hydrogen-bond acceptors (Lipinski definition) is 5. The third kappa shape index (κ3) is 3.56. The summed E-state index contributed by atoms with van der Waals surface area (Å²) in [5.74, 6) is 0.220. The summed E-state index contributed by atoms with van der Waals surface area (Å²) in [5.41, 5.74) is 3.78. The molecule has 1 N–H and O–H groups in total. The molecule has 1 aliphatic rings. The first kappa shape index (κ1) is 20.7. The summed E-state index contributed by atoms with van der Waals surface area (Å²) in [6.07, 6.45) is 0.971. The predicted molar refractivity (Wildman–Crippen MR) is 118 cm³/mol. The number of methoxy groups -OCH3 is 2. The smallest absolute Gasteiger partial charge is 0.226 e. The topological polar surface area (TPSA) is 82.5 Å². The van der Waals surface area contributed by atoms with Gasteiger partial charge in [0.1, 0.15) is 22.9 Å². The Morgan fingerprint density at radius 3 is 2.35 bits per heavy atom. The van der Waals surface area contributed by atoms with Crippen molar-refractivity contribution >= 4 is 17.5 Å². The first-order chi connectivity index (χ1) is 15.0. The number of amides is 1. The van der Waals surface area contributed by atoms with Crippen molar-refractivity contribution in [2.24, 2.45) is 0 Å². The van der Waals surface area contributed by atoms with Crippen molar-refractivity contribution in [2.75, 3.05) is 19.5 Å². The number of ketones is 1. The molecule has 0 aliphatic carbocycles. The molecular formula is C24H25N3O4. The highest BCUT2D eigenvalue weighted by molar-refractivity contribution is 6.10. The largest absolute Gasteiger partial charge is 0.496 e. The van der Waals surface area contributed by atoms with E-state index in [2.05, 4.69) is 17.3 Å². The Hall–Kier alpha value is -3.61. The zero-order valence-electron chi connectivity index (χ0n) is 18.1. The Balaban J connectivity index is 1.83. The lowest BCUT2D eigenvalue weighted by atomic mass is 9.85. The summed E-state index contributed by atoms with van der Waals surface area (Å²) in [5, 5.41) is 7.57. The van der Waals surface area contributed by atoms with Crippen LogP contribution in [0.2, 0.25) is 0 Å². The van der Waals surface area contributed by atoms with Crippen LogP contribution in [0.4, 0.5) is 5.82 Å². The van der Waals surface area contributed by atoms with Gasteiger partial charge < -0.3 is 14.8 Å². The lowest BCUT2D eigenvalue weighted by Crippen LogP contribution is -2.29. The Kier molecular flexibility index (Phi) is 5.50. The molecular weight excluding hydrogens is 394 g/mol. The van der Waals surface area contributed by atoms with E-state index in [1.165, 1.54) is 19.8 Å². The number of nitrogens with one attached hydrogen (secondary N) is 1. The summed E-state index contributed by atoms with van der Waals surface area (Å²) in [7, 11) is 3.02. The number of ether oxygens (including phenoxy) is 2. The van der Waals surface area contributed by atoms with Crippen LogP contribution in [-0.2, 0) is 11.2 Å². The second-order valence-electron chi connectivity index (χ2n) is 7.49. The average molecular weight is 419 g/mol. The van der Waals surface area contributed by atoms with Crippen molar-refractivity contribution in [3.8, 4) is 17.2 Å². The van der Waals surface area contributed by atoms with Crippen LogP contribution < -0.4 is 14.8 Å². The fourth-order valence-corrected chi connectivity index (χ4v) is 4.10. The van der Waals surface area contributed by atoms with Gasteiger partial charge in [0.05, 0.1) is 31.5 Å². The van der Waals surface area contributed by atoms with Crippen molar-refractivity contribution < 1.29 is 19.1 Å². The van der Waals surface area contributed by atoms with E-state index in [1.807, 2.05) is 31.2 Å². The van der Waals surface area contributed by atoms with E-state index in [1.54, 1.807) is 22.9 Å². The van der Waals surface area contributed by atoms with E-state index < -0.39 is 5.92 Å². The van der Waals surface area contributed by atoms with E-state index in [4.69, 9.17) is 9.47 Å². The highest BCUT2D eigenvalue weighted by atomic mass is 16.5. The minimum Gasteiger partial charge on any atom is -0.496 e. The van der Waals surface area contributed by atoms with Crippen molar-refractivity contribution in [1.29, 1.82) is 0 Å². The van der Waals surface area contributed by atoms with Crippen LogP contribution in [0.25, 0.3) is 5.69 Å². The second-order valence-corrected chi connectivity index (χ2v) is 7.49. The lowest BCUT2D eigenvalue weighted by Gasteiger charge is -2.24. The predicted octanol–water partition coefficient (Wildman–Crippen LogP) is 4.07. The molecule has 0 fully saturated rings. The highest BCUT2D eigenvalue weighted by Gasteiger charge is 2.38.